The number of ether oxygens (including phenoxy) is 3. The molecule has 172 valence electrons. The number of carbonyl (C=O) groups excluding carboxylic acids is 1. The molecule has 3 aromatic rings. The number of hydrogen-bond acceptors (Lipinski definition) is 7. The number of aromatic nitrogens is 1. The normalized spacial score (nSPS) is 11.1. The first-order valence-corrected chi connectivity index (χ1v) is 11.6. The second-order valence-electron chi connectivity index (χ2n) is 7.32. The van der Waals surface area contributed by atoms with Crippen molar-refractivity contribution in [2.75, 3.05) is 52.4 Å². The molecule has 0 saturated carbocycles. The van der Waals surface area contributed by atoms with Crippen LogP contribution in [0, 0.1) is 0 Å². The van der Waals surface area contributed by atoms with Gasteiger partial charge in [0.2, 0.25) is 0 Å². The van der Waals surface area contributed by atoms with E-state index in [2.05, 4.69) is 9.88 Å². The van der Waals surface area contributed by atoms with Gasteiger partial charge in [-0.25, -0.2) is 4.98 Å². The van der Waals surface area contributed by atoms with E-state index in [4.69, 9.17) is 25.8 Å². The molecule has 0 radical (unpaired) electrons. The van der Waals surface area contributed by atoms with Crippen molar-refractivity contribution in [1.29, 1.82) is 0 Å². The average Bonchev–Trinajstić information content (AvgIpc) is 3.22. The minimum Gasteiger partial charge on any atom is -0.494 e. The number of anilines is 1. The molecule has 0 bridgehead atoms. The SMILES string of the molecule is CCOc1ccc(OCC(=O)N(CCCN(C)C)c2nc3c(OC)ccc(Cl)c3s2)cc1. The molecule has 32 heavy (non-hydrogen) atoms. The van der Waals surface area contributed by atoms with Gasteiger partial charge in [0.25, 0.3) is 5.91 Å². The maximum absolute atomic E-state index is 13.1. The third-order valence-electron chi connectivity index (χ3n) is 4.68. The summed E-state index contributed by atoms with van der Waals surface area (Å²) in [6.45, 7) is 3.79. The second-order valence-corrected chi connectivity index (χ2v) is 8.70. The number of nitrogens with zero attached hydrogens (tertiary/aromatic N) is 3. The largest absolute Gasteiger partial charge is 0.494 e. The number of methoxy groups -OCH3 is 1. The zero-order chi connectivity index (χ0) is 23.1. The summed E-state index contributed by atoms with van der Waals surface area (Å²) >= 11 is 7.75. The second kappa shape index (κ2) is 11.4. The molecule has 1 heterocycles. The van der Waals surface area contributed by atoms with Crippen molar-refractivity contribution >= 4 is 44.2 Å². The van der Waals surface area contributed by atoms with E-state index < -0.39 is 0 Å². The van der Waals surface area contributed by atoms with Crippen molar-refractivity contribution in [2.24, 2.45) is 0 Å². The number of rotatable bonds is 11. The van der Waals surface area contributed by atoms with E-state index in [0.29, 0.717) is 40.3 Å². The van der Waals surface area contributed by atoms with Crippen molar-refractivity contribution in [3.8, 4) is 17.2 Å². The van der Waals surface area contributed by atoms with Crippen LogP contribution in [0.3, 0.4) is 0 Å². The van der Waals surface area contributed by atoms with Gasteiger partial charge in [0.1, 0.15) is 22.8 Å². The summed E-state index contributed by atoms with van der Waals surface area (Å²) in [6.07, 6.45) is 0.794. The number of amides is 1. The molecule has 0 aliphatic heterocycles. The highest BCUT2D eigenvalue weighted by Crippen LogP contribution is 2.38. The lowest BCUT2D eigenvalue weighted by atomic mass is 10.3. The molecule has 1 amide bonds. The lowest BCUT2D eigenvalue weighted by Crippen LogP contribution is -2.36. The third kappa shape index (κ3) is 6.03. The van der Waals surface area contributed by atoms with Gasteiger partial charge < -0.3 is 19.1 Å². The molecule has 0 N–H and O–H groups in total. The minimum absolute atomic E-state index is 0.100. The maximum atomic E-state index is 13.1. The summed E-state index contributed by atoms with van der Waals surface area (Å²) in [7, 11) is 5.60. The van der Waals surface area contributed by atoms with Gasteiger partial charge in [-0.1, -0.05) is 22.9 Å². The van der Waals surface area contributed by atoms with Crippen molar-refractivity contribution < 1.29 is 19.0 Å². The van der Waals surface area contributed by atoms with Crippen LogP contribution < -0.4 is 19.1 Å². The van der Waals surface area contributed by atoms with E-state index in [1.54, 1.807) is 36.3 Å². The molecule has 2 aromatic carbocycles. The molecule has 0 unspecified atom stereocenters. The molecule has 3 rings (SSSR count). The molecule has 0 saturated heterocycles. The Hall–Kier alpha value is -2.55. The van der Waals surface area contributed by atoms with Gasteiger partial charge in [-0.2, -0.15) is 0 Å². The van der Waals surface area contributed by atoms with Crippen LogP contribution >= 0.6 is 22.9 Å². The highest BCUT2D eigenvalue weighted by Gasteiger charge is 2.22. The molecular formula is C23H28ClN3O4S. The van der Waals surface area contributed by atoms with Crippen LogP contribution in [0.5, 0.6) is 17.2 Å². The number of carbonyl (C=O) groups is 1. The summed E-state index contributed by atoms with van der Waals surface area (Å²) < 4.78 is 17.4. The van der Waals surface area contributed by atoms with Crippen LogP contribution in [0.25, 0.3) is 10.2 Å². The average molecular weight is 478 g/mol. The fourth-order valence-corrected chi connectivity index (χ4v) is 4.41. The molecule has 0 fully saturated rings. The molecule has 0 aliphatic rings. The molecule has 0 spiro atoms. The van der Waals surface area contributed by atoms with Crippen LogP contribution in [0.15, 0.2) is 36.4 Å². The van der Waals surface area contributed by atoms with Crippen molar-refractivity contribution in [3.63, 3.8) is 0 Å². The van der Waals surface area contributed by atoms with Gasteiger partial charge in [-0.3, -0.25) is 9.69 Å². The van der Waals surface area contributed by atoms with E-state index in [9.17, 15) is 4.79 Å². The summed E-state index contributed by atoms with van der Waals surface area (Å²) in [5.41, 5.74) is 0.651. The molecule has 7 nitrogen and oxygen atoms in total. The molecular weight excluding hydrogens is 450 g/mol. The van der Waals surface area contributed by atoms with Gasteiger partial charge in [0, 0.05) is 6.54 Å². The third-order valence-corrected chi connectivity index (χ3v) is 6.22. The smallest absolute Gasteiger partial charge is 0.266 e. The fraction of sp³-hybridized carbons (Fsp3) is 0.391. The molecule has 0 aliphatic carbocycles. The monoisotopic (exact) mass is 477 g/mol. The van der Waals surface area contributed by atoms with Gasteiger partial charge in [-0.05, 0) is 70.4 Å². The van der Waals surface area contributed by atoms with E-state index >= 15 is 0 Å². The van der Waals surface area contributed by atoms with E-state index in [0.717, 1.165) is 23.4 Å². The topological polar surface area (TPSA) is 64.1 Å². The van der Waals surface area contributed by atoms with E-state index in [1.165, 1.54) is 11.3 Å². The fourth-order valence-electron chi connectivity index (χ4n) is 3.12. The summed E-state index contributed by atoms with van der Waals surface area (Å²) in [6, 6.07) is 10.8. The number of halogens is 1. The van der Waals surface area contributed by atoms with Crippen LogP contribution in [-0.4, -0.2) is 63.3 Å². The Morgan fingerprint density at radius 2 is 1.75 bits per heavy atom. The van der Waals surface area contributed by atoms with Gasteiger partial charge in [0.15, 0.2) is 11.7 Å². The number of benzene rings is 2. The Morgan fingerprint density at radius 3 is 2.38 bits per heavy atom. The van der Waals surface area contributed by atoms with Crippen molar-refractivity contribution in [1.82, 2.24) is 9.88 Å². The van der Waals surface area contributed by atoms with E-state index in [-0.39, 0.29) is 12.5 Å². The molecule has 0 atom stereocenters. The number of fused-ring (bicyclic) bond motifs is 1. The standard InChI is InChI=1S/C23H28ClN3O4S/c1-5-30-16-7-9-17(10-8-16)31-15-20(28)27(14-6-13-26(2)3)23-25-21-19(29-4)12-11-18(24)22(21)32-23/h7-12H,5-6,13-15H2,1-4H3. The first-order valence-electron chi connectivity index (χ1n) is 10.4. The highest BCUT2D eigenvalue weighted by atomic mass is 35.5. The minimum atomic E-state index is -0.174. The Morgan fingerprint density at radius 1 is 1.06 bits per heavy atom. The van der Waals surface area contributed by atoms with Crippen molar-refractivity contribution in [2.45, 2.75) is 13.3 Å². The maximum Gasteiger partial charge on any atom is 0.266 e. The first kappa shape index (κ1) is 24.1. The van der Waals surface area contributed by atoms with E-state index in [1.807, 2.05) is 33.2 Å². The van der Waals surface area contributed by atoms with Crippen LogP contribution in [0.4, 0.5) is 5.13 Å². The van der Waals surface area contributed by atoms with Gasteiger partial charge >= 0.3 is 0 Å². The van der Waals surface area contributed by atoms with Crippen molar-refractivity contribution in [3.05, 3.63) is 41.4 Å². The lowest BCUT2D eigenvalue weighted by molar-refractivity contribution is -0.120. The van der Waals surface area contributed by atoms with Crippen LogP contribution in [0.2, 0.25) is 5.02 Å². The predicted molar refractivity (Wildman–Crippen MR) is 130 cm³/mol. The number of hydrogen-bond donors (Lipinski definition) is 0. The summed E-state index contributed by atoms with van der Waals surface area (Å²) in [5, 5.41) is 1.15. The zero-order valence-corrected chi connectivity index (χ0v) is 20.3. The predicted octanol–water partition coefficient (Wildman–Crippen LogP) is 4.72. The zero-order valence-electron chi connectivity index (χ0n) is 18.8. The Balaban J connectivity index is 1.79. The van der Waals surface area contributed by atoms with Crippen LogP contribution in [0.1, 0.15) is 13.3 Å². The Labute approximate surface area is 197 Å². The Bertz CT molecular complexity index is 1040. The van der Waals surface area contributed by atoms with Gasteiger partial charge in [0.05, 0.1) is 23.4 Å². The Kier molecular flexibility index (Phi) is 8.55. The molecule has 1 aromatic heterocycles. The molecule has 9 heteroatoms. The number of thiazole rings is 1. The van der Waals surface area contributed by atoms with Gasteiger partial charge in [-0.15, -0.1) is 0 Å². The summed E-state index contributed by atoms with van der Waals surface area (Å²) in [4.78, 5) is 21.6. The lowest BCUT2D eigenvalue weighted by Gasteiger charge is -2.21. The quantitative estimate of drug-likeness (QED) is 0.398. The highest BCUT2D eigenvalue weighted by molar-refractivity contribution is 7.23. The summed E-state index contributed by atoms with van der Waals surface area (Å²) in [5.74, 6) is 1.81. The first-order chi connectivity index (χ1) is 15.4. The van der Waals surface area contributed by atoms with Crippen LogP contribution in [-0.2, 0) is 4.79 Å².